The number of carbonyl (C=O) groups is 1. The summed E-state index contributed by atoms with van der Waals surface area (Å²) in [5.74, 6) is 1.32. The molecule has 164 valence electrons. The average Bonchev–Trinajstić information content (AvgIpc) is 2.70. The van der Waals surface area contributed by atoms with Gasteiger partial charge < -0.3 is 20.5 Å². The van der Waals surface area contributed by atoms with Crippen molar-refractivity contribution in [2.75, 3.05) is 43.4 Å². The van der Waals surface area contributed by atoms with E-state index in [1.807, 2.05) is 20.8 Å². The molecule has 1 atom stereocenters. The van der Waals surface area contributed by atoms with Crippen molar-refractivity contribution in [2.24, 2.45) is 5.92 Å². The molecule has 2 rings (SSSR count). The number of hydrogen-bond acceptors (Lipinski definition) is 7. The molecule has 1 aromatic heterocycles. The Morgan fingerprint density at radius 1 is 1.34 bits per heavy atom. The first-order valence-electron chi connectivity index (χ1n) is 10.8. The number of piperidine rings is 1. The summed E-state index contributed by atoms with van der Waals surface area (Å²) in [6.07, 6.45) is 4.27. The first-order chi connectivity index (χ1) is 13.9. The molecule has 1 amide bonds. The SMILES string of the molecule is CCC[C@H](C)Oc1nc(N)c(C)c(N(CC2CCN(CCO)CC2)C(=O)CC)n1. The van der Waals surface area contributed by atoms with Crippen LogP contribution in [-0.4, -0.2) is 64.8 Å². The zero-order valence-corrected chi connectivity index (χ0v) is 18.4. The predicted octanol–water partition coefficient (Wildman–Crippen LogP) is 2.38. The molecule has 0 unspecified atom stereocenters. The molecule has 0 spiro atoms. The molecule has 0 saturated carbocycles. The van der Waals surface area contributed by atoms with Crippen LogP contribution in [0.15, 0.2) is 0 Å². The van der Waals surface area contributed by atoms with Crippen molar-refractivity contribution >= 4 is 17.5 Å². The highest BCUT2D eigenvalue weighted by Crippen LogP contribution is 2.28. The van der Waals surface area contributed by atoms with Crippen molar-refractivity contribution < 1.29 is 14.6 Å². The van der Waals surface area contributed by atoms with Crippen LogP contribution in [0, 0.1) is 12.8 Å². The highest BCUT2D eigenvalue weighted by molar-refractivity contribution is 5.93. The lowest BCUT2D eigenvalue weighted by Crippen LogP contribution is -2.42. The van der Waals surface area contributed by atoms with Crippen LogP contribution < -0.4 is 15.4 Å². The predicted molar refractivity (Wildman–Crippen MR) is 115 cm³/mol. The molecule has 0 aliphatic carbocycles. The topological polar surface area (TPSA) is 105 Å². The highest BCUT2D eigenvalue weighted by atomic mass is 16.5. The monoisotopic (exact) mass is 407 g/mol. The second kappa shape index (κ2) is 11.3. The van der Waals surface area contributed by atoms with E-state index in [0.29, 0.717) is 42.6 Å². The van der Waals surface area contributed by atoms with Gasteiger partial charge >= 0.3 is 6.01 Å². The molecule has 2 heterocycles. The fraction of sp³-hybridized carbons (Fsp3) is 0.762. The number of aliphatic hydroxyl groups is 1. The van der Waals surface area contributed by atoms with E-state index in [2.05, 4.69) is 21.8 Å². The van der Waals surface area contributed by atoms with Gasteiger partial charge in [0, 0.05) is 25.1 Å². The fourth-order valence-corrected chi connectivity index (χ4v) is 3.75. The minimum Gasteiger partial charge on any atom is -0.460 e. The van der Waals surface area contributed by atoms with E-state index in [0.717, 1.165) is 38.8 Å². The number of nitrogen functional groups attached to an aromatic ring is 1. The first-order valence-corrected chi connectivity index (χ1v) is 10.8. The standard InChI is InChI=1S/C21H37N5O3/c1-5-7-15(3)29-21-23-19(22)16(4)20(24-21)26(18(28)6-2)14-17-8-10-25(11-9-17)12-13-27/h15,17,27H,5-14H2,1-4H3,(H2,22,23,24)/t15-/m0/s1. The number of likely N-dealkylation sites (tertiary alicyclic amines) is 1. The summed E-state index contributed by atoms with van der Waals surface area (Å²) in [7, 11) is 0. The number of aromatic nitrogens is 2. The van der Waals surface area contributed by atoms with E-state index in [9.17, 15) is 4.79 Å². The number of rotatable bonds is 10. The maximum Gasteiger partial charge on any atom is 0.320 e. The Labute approximate surface area is 174 Å². The third kappa shape index (κ3) is 6.54. The summed E-state index contributed by atoms with van der Waals surface area (Å²) < 4.78 is 5.86. The molecule has 0 bridgehead atoms. The van der Waals surface area contributed by atoms with E-state index in [4.69, 9.17) is 15.6 Å². The van der Waals surface area contributed by atoms with Crippen molar-refractivity contribution in [1.82, 2.24) is 14.9 Å². The smallest absolute Gasteiger partial charge is 0.320 e. The maximum absolute atomic E-state index is 12.8. The number of carbonyl (C=O) groups excluding carboxylic acids is 1. The van der Waals surface area contributed by atoms with Gasteiger partial charge in [0.1, 0.15) is 11.6 Å². The lowest BCUT2D eigenvalue weighted by Gasteiger charge is -2.34. The third-order valence-corrected chi connectivity index (χ3v) is 5.56. The number of β-amino-alcohol motifs (C(OH)–C–C–N with tert-alkyl or cyclic N) is 1. The number of nitrogens with zero attached hydrogens (tertiary/aromatic N) is 4. The van der Waals surface area contributed by atoms with E-state index in [-0.39, 0.29) is 24.6 Å². The molecule has 1 saturated heterocycles. The number of amides is 1. The largest absolute Gasteiger partial charge is 0.460 e. The second-order valence-corrected chi connectivity index (χ2v) is 7.92. The van der Waals surface area contributed by atoms with Gasteiger partial charge in [0.25, 0.3) is 0 Å². The Morgan fingerprint density at radius 3 is 2.62 bits per heavy atom. The number of nitrogens with two attached hydrogens (primary N) is 1. The summed E-state index contributed by atoms with van der Waals surface area (Å²) in [4.78, 5) is 25.7. The fourth-order valence-electron chi connectivity index (χ4n) is 3.75. The van der Waals surface area contributed by atoms with Gasteiger partial charge in [0.15, 0.2) is 0 Å². The molecule has 1 fully saturated rings. The van der Waals surface area contributed by atoms with Gasteiger partial charge in [-0.2, -0.15) is 9.97 Å². The Balaban J connectivity index is 2.21. The second-order valence-electron chi connectivity index (χ2n) is 7.92. The van der Waals surface area contributed by atoms with Crippen molar-refractivity contribution in [2.45, 2.75) is 65.9 Å². The Kier molecular flexibility index (Phi) is 9.10. The van der Waals surface area contributed by atoms with Gasteiger partial charge in [-0.25, -0.2) is 0 Å². The Hall–Kier alpha value is -1.93. The Morgan fingerprint density at radius 2 is 2.03 bits per heavy atom. The zero-order chi connectivity index (χ0) is 21.4. The third-order valence-electron chi connectivity index (χ3n) is 5.56. The molecule has 0 aromatic carbocycles. The number of hydrogen-bond donors (Lipinski definition) is 2. The molecule has 3 N–H and O–H groups in total. The Bertz CT molecular complexity index is 662. The molecule has 1 aromatic rings. The highest BCUT2D eigenvalue weighted by Gasteiger charge is 2.27. The van der Waals surface area contributed by atoms with E-state index >= 15 is 0 Å². The molecular formula is C21H37N5O3. The quantitative estimate of drug-likeness (QED) is 0.613. The van der Waals surface area contributed by atoms with Crippen LogP contribution in [0.25, 0.3) is 0 Å². The van der Waals surface area contributed by atoms with Crippen LogP contribution in [0.3, 0.4) is 0 Å². The van der Waals surface area contributed by atoms with E-state index in [1.165, 1.54) is 0 Å². The molecule has 8 nitrogen and oxygen atoms in total. The summed E-state index contributed by atoms with van der Waals surface area (Å²) in [6.45, 7) is 11.2. The van der Waals surface area contributed by atoms with Crippen LogP contribution in [0.1, 0.15) is 58.4 Å². The summed E-state index contributed by atoms with van der Waals surface area (Å²) in [5, 5.41) is 9.13. The van der Waals surface area contributed by atoms with Gasteiger partial charge in [-0.05, 0) is 52.1 Å². The van der Waals surface area contributed by atoms with E-state index in [1.54, 1.807) is 4.90 Å². The minimum atomic E-state index is -0.0128. The van der Waals surface area contributed by atoms with Crippen molar-refractivity contribution in [3.05, 3.63) is 5.56 Å². The van der Waals surface area contributed by atoms with Crippen LogP contribution in [0.4, 0.5) is 11.6 Å². The molecule has 29 heavy (non-hydrogen) atoms. The molecular weight excluding hydrogens is 370 g/mol. The van der Waals surface area contributed by atoms with Gasteiger partial charge in [-0.1, -0.05) is 20.3 Å². The molecule has 1 aliphatic heterocycles. The van der Waals surface area contributed by atoms with Crippen molar-refractivity contribution in [3.8, 4) is 6.01 Å². The summed E-state index contributed by atoms with van der Waals surface area (Å²) in [6, 6.07) is 0.232. The lowest BCUT2D eigenvalue weighted by atomic mass is 9.96. The number of anilines is 2. The van der Waals surface area contributed by atoms with Crippen LogP contribution in [0.5, 0.6) is 6.01 Å². The van der Waals surface area contributed by atoms with Crippen LogP contribution in [-0.2, 0) is 4.79 Å². The van der Waals surface area contributed by atoms with Gasteiger partial charge in [-0.3, -0.25) is 9.69 Å². The minimum absolute atomic E-state index is 0.0128. The lowest BCUT2D eigenvalue weighted by molar-refractivity contribution is -0.118. The van der Waals surface area contributed by atoms with Gasteiger partial charge in [0.05, 0.1) is 12.7 Å². The molecule has 8 heteroatoms. The van der Waals surface area contributed by atoms with E-state index < -0.39 is 0 Å². The van der Waals surface area contributed by atoms with Gasteiger partial charge in [0.2, 0.25) is 5.91 Å². The number of aliphatic hydroxyl groups excluding tert-OH is 1. The summed E-state index contributed by atoms with van der Waals surface area (Å²) in [5.41, 5.74) is 6.84. The molecule has 0 radical (unpaired) electrons. The van der Waals surface area contributed by atoms with Crippen molar-refractivity contribution in [1.29, 1.82) is 0 Å². The van der Waals surface area contributed by atoms with Gasteiger partial charge in [-0.15, -0.1) is 0 Å². The number of ether oxygens (including phenoxy) is 1. The van der Waals surface area contributed by atoms with Crippen LogP contribution >= 0.6 is 0 Å². The first kappa shape index (κ1) is 23.3. The average molecular weight is 408 g/mol. The summed E-state index contributed by atoms with van der Waals surface area (Å²) >= 11 is 0. The van der Waals surface area contributed by atoms with Crippen LogP contribution in [0.2, 0.25) is 0 Å². The van der Waals surface area contributed by atoms with Crippen molar-refractivity contribution in [3.63, 3.8) is 0 Å². The maximum atomic E-state index is 12.8. The zero-order valence-electron chi connectivity index (χ0n) is 18.4. The normalized spacial score (nSPS) is 16.6. The molecule has 1 aliphatic rings.